The van der Waals surface area contributed by atoms with Crippen LogP contribution in [0.4, 0.5) is 4.79 Å². The van der Waals surface area contributed by atoms with Gasteiger partial charge < -0.3 is 25.1 Å². The van der Waals surface area contributed by atoms with Gasteiger partial charge in [0.2, 0.25) is 0 Å². The lowest BCUT2D eigenvalue weighted by Crippen LogP contribution is -2.41. The van der Waals surface area contributed by atoms with Crippen LogP contribution in [0.2, 0.25) is 0 Å². The van der Waals surface area contributed by atoms with Crippen molar-refractivity contribution < 1.29 is 24.2 Å². The molecule has 0 saturated heterocycles. The van der Waals surface area contributed by atoms with E-state index < -0.39 is 30.0 Å². The van der Waals surface area contributed by atoms with Crippen LogP contribution in [0, 0.1) is 29.6 Å². The van der Waals surface area contributed by atoms with E-state index in [0.717, 1.165) is 16.5 Å². The lowest BCUT2D eigenvalue weighted by Gasteiger charge is -2.33. The molecule has 0 saturated carbocycles. The Morgan fingerprint density at radius 3 is 2.35 bits per heavy atom. The summed E-state index contributed by atoms with van der Waals surface area (Å²) in [7, 11) is 0. The van der Waals surface area contributed by atoms with E-state index >= 15 is 0 Å². The standard InChI is InChI=1S/C33H45NO6/c1-8-9-10-22(4)32(40-33(34)38)25(7)31(37)24(6)18-20(2)17-23(5)30(36)21(3)11-12-26-13-14-27-15-16-29(35)39-28(27)19-26/h8-17,19,21-25,30-32,36-37H,1,18H2,2-7H3,(H2,34,38)/b10-9-,12-11-,20-17-/t21?,22?,23-,24-,25-,30-,31+,32-/m0/s1. The Labute approximate surface area is 237 Å². The van der Waals surface area contributed by atoms with Gasteiger partial charge in [-0.2, -0.15) is 0 Å². The average Bonchev–Trinajstić information content (AvgIpc) is 2.91. The van der Waals surface area contributed by atoms with Gasteiger partial charge in [-0.05, 0) is 37.0 Å². The zero-order valence-corrected chi connectivity index (χ0v) is 24.5. The Balaban J connectivity index is 2.03. The number of primary amides is 1. The zero-order valence-electron chi connectivity index (χ0n) is 24.5. The van der Waals surface area contributed by atoms with Crippen LogP contribution in [0.25, 0.3) is 17.0 Å². The van der Waals surface area contributed by atoms with E-state index in [-0.39, 0.29) is 29.6 Å². The number of hydrogen-bond donors (Lipinski definition) is 3. The molecule has 0 aliphatic carbocycles. The third-order valence-electron chi connectivity index (χ3n) is 7.47. The molecule has 1 aromatic heterocycles. The molecular formula is C33H45NO6. The maximum atomic E-state index is 11.5. The fourth-order valence-corrected chi connectivity index (χ4v) is 5.18. The van der Waals surface area contributed by atoms with E-state index in [4.69, 9.17) is 14.9 Å². The van der Waals surface area contributed by atoms with Gasteiger partial charge in [0, 0.05) is 35.1 Å². The SMILES string of the molecule is C=C/C=C\C(C)[C@H](OC(N)=O)[C@@H](C)[C@H](O)[C@@H](C)C/C(C)=C\[C@H](C)[C@@H](O)C(C)/C=C\c1ccc2ccc(=O)oc2c1. The number of hydrogen-bond acceptors (Lipinski definition) is 6. The predicted octanol–water partition coefficient (Wildman–Crippen LogP) is 6.25. The minimum Gasteiger partial charge on any atom is -0.445 e. The van der Waals surface area contributed by atoms with Crippen LogP contribution in [-0.2, 0) is 4.74 Å². The van der Waals surface area contributed by atoms with Crippen LogP contribution in [0.3, 0.4) is 0 Å². The number of aliphatic hydroxyl groups excluding tert-OH is 2. The van der Waals surface area contributed by atoms with Gasteiger partial charge in [0.1, 0.15) is 11.7 Å². The number of allylic oxidation sites excluding steroid dienone is 3. The fourth-order valence-electron chi connectivity index (χ4n) is 5.18. The number of rotatable bonds is 14. The van der Waals surface area contributed by atoms with Crippen molar-refractivity contribution >= 4 is 23.1 Å². The van der Waals surface area contributed by atoms with Gasteiger partial charge in [0.25, 0.3) is 0 Å². The first-order valence-electron chi connectivity index (χ1n) is 13.8. The summed E-state index contributed by atoms with van der Waals surface area (Å²) in [6.45, 7) is 15.3. The summed E-state index contributed by atoms with van der Waals surface area (Å²) in [6.07, 6.45) is 9.02. The molecule has 0 aliphatic heterocycles. The molecule has 218 valence electrons. The molecule has 0 aliphatic rings. The molecule has 1 heterocycles. The minimum absolute atomic E-state index is 0.115. The van der Waals surface area contributed by atoms with Crippen molar-refractivity contribution in [2.45, 2.75) is 66.3 Å². The molecule has 8 atom stereocenters. The zero-order chi connectivity index (χ0) is 30.0. The van der Waals surface area contributed by atoms with E-state index in [1.54, 1.807) is 18.2 Å². The summed E-state index contributed by atoms with van der Waals surface area (Å²) in [5.74, 6) is -0.869. The smallest absolute Gasteiger partial charge is 0.404 e. The highest BCUT2D eigenvalue weighted by Crippen LogP contribution is 2.29. The Kier molecular flexibility index (Phi) is 12.6. The molecule has 2 rings (SSSR count). The Hall–Kier alpha value is -3.42. The van der Waals surface area contributed by atoms with Gasteiger partial charge in [-0.3, -0.25) is 0 Å². The highest BCUT2D eigenvalue weighted by atomic mass is 16.6. The Morgan fingerprint density at radius 2 is 1.70 bits per heavy atom. The summed E-state index contributed by atoms with van der Waals surface area (Å²) in [5.41, 5.74) is 7.37. The van der Waals surface area contributed by atoms with Crippen LogP contribution < -0.4 is 11.4 Å². The van der Waals surface area contributed by atoms with E-state index in [1.807, 2.05) is 84.0 Å². The summed E-state index contributed by atoms with van der Waals surface area (Å²) in [5, 5.41) is 22.9. The third-order valence-corrected chi connectivity index (χ3v) is 7.47. The van der Waals surface area contributed by atoms with Crippen molar-refractivity contribution in [3.63, 3.8) is 0 Å². The molecule has 0 radical (unpaired) electrons. The van der Waals surface area contributed by atoms with Gasteiger partial charge >= 0.3 is 11.7 Å². The maximum absolute atomic E-state index is 11.5. The van der Waals surface area contributed by atoms with E-state index in [1.165, 1.54) is 6.07 Å². The number of carbonyl (C=O) groups excluding carboxylic acids is 1. The van der Waals surface area contributed by atoms with Crippen molar-refractivity contribution in [2.24, 2.45) is 35.3 Å². The van der Waals surface area contributed by atoms with Crippen LogP contribution in [0.1, 0.15) is 53.5 Å². The third kappa shape index (κ3) is 9.65. The average molecular weight is 552 g/mol. The molecule has 4 N–H and O–H groups in total. The largest absolute Gasteiger partial charge is 0.445 e. The summed E-state index contributed by atoms with van der Waals surface area (Å²) < 4.78 is 10.6. The maximum Gasteiger partial charge on any atom is 0.404 e. The number of aliphatic hydroxyl groups is 2. The summed E-state index contributed by atoms with van der Waals surface area (Å²) >= 11 is 0. The van der Waals surface area contributed by atoms with E-state index in [9.17, 15) is 19.8 Å². The summed E-state index contributed by atoms with van der Waals surface area (Å²) in [4.78, 5) is 23.0. The molecule has 1 amide bonds. The molecule has 0 bridgehead atoms. The number of amides is 1. The topological polar surface area (TPSA) is 123 Å². The van der Waals surface area contributed by atoms with Crippen molar-refractivity contribution in [3.05, 3.63) is 88.8 Å². The van der Waals surface area contributed by atoms with E-state index in [0.29, 0.717) is 12.0 Å². The number of nitrogens with two attached hydrogens (primary N) is 1. The molecule has 2 unspecified atom stereocenters. The first kappa shape index (κ1) is 32.8. The second-order valence-corrected chi connectivity index (χ2v) is 11.0. The van der Waals surface area contributed by atoms with Crippen molar-refractivity contribution in [1.82, 2.24) is 0 Å². The molecular weight excluding hydrogens is 506 g/mol. The Bertz CT molecular complexity index is 1280. The first-order valence-corrected chi connectivity index (χ1v) is 13.8. The lowest BCUT2D eigenvalue weighted by atomic mass is 9.81. The van der Waals surface area contributed by atoms with Crippen molar-refractivity contribution in [3.8, 4) is 0 Å². The number of ether oxygens (including phenoxy) is 1. The molecule has 0 spiro atoms. The predicted molar refractivity (Wildman–Crippen MR) is 162 cm³/mol. The van der Waals surface area contributed by atoms with Crippen LogP contribution in [0.5, 0.6) is 0 Å². The highest BCUT2D eigenvalue weighted by molar-refractivity contribution is 5.79. The molecule has 40 heavy (non-hydrogen) atoms. The molecule has 1 aromatic carbocycles. The molecule has 0 fully saturated rings. The quantitative estimate of drug-likeness (QED) is 0.145. The van der Waals surface area contributed by atoms with Crippen LogP contribution in [0.15, 0.2) is 82.1 Å². The number of fused-ring (bicyclic) bond motifs is 1. The van der Waals surface area contributed by atoms with Crippen molar-refractivity contribution in [1.29, 1.82) is 0 Å². The van der Waals surface area contributed by atoms with Crippen LogP contribution in [-0.4, -0.2) is 34.6 Å². The van der Waals surface area contributed by atoms with Gasteiger partial charge in [0.05, 0.1) is 12.2 Å². The van der Waals surface area contributed by atoms with Gasteiger partial charge in [0.15, 0.2) is 0 Å². The van der Waals surface area contributed by atoms with Gasteiger partial charge in [-0.15, -0.1) is 0 Å². The second-order valence-electron chi connectivity index (χ2n) is 11.0. The molecule has 7 heteroatoms. The number of benzene rings is 1. The number of carbonyl (C=O) groups is 1. The van der Waals surface area contributed by atoms with E-state index in [2.05, 4.69) is 6.58 Å². The van der Waals surface area contributed by atoms with Gasteiger partial charge in [-0.25, -0.2) is 9.59 Å². The Morgan fingerprint density at radius 1 is 1.02 bits per heavy atom. The van der Waals surface area contributed by atoms with Gasteiger partial charge in [-0.1, -0.05) is 95.4 Å². The molecule has 2 aromatic rings. The minimum atomic E-state index is -0.871. The molecule has 7 nitrogen and oxygen atoms in total. The monoisotopic (exact) mass is 551 g/mol. The van der Waals surface area contributed by atoms with Crippen molar-refractivity contribution in [2.75, 3.05) is 0 Å². The van der Waals surface area contributed by atoms with Crippen LogP contribution >= 0.6 is 0 Å². The normalized spacial score (nSPS) is 18.6. The summed E-state index contributed by atoms with van der Waals surface area (Å²) in [6, 6.07) is 8.77. The fraction of sp³-hybridized carbons (Fsp3) is 0.455. The first-order chi connectivity index (χ1) is 18.8. The lowest BCUT2D eigenvalue weighted by molar-refractivity contribution is -0.0266. The second kappa shape index (κ2) is 15.4. The highest BCUT2D eigenvalue weighted by Gasteiger charge is 2.33.